The van der Waals surface area contributed by atoms with Crippen molar-refractivity contribution in [3.05, 3.63) is 59.7 Å². The molecule has 0 saturated heterocycles. The van der Waals surface area contributed by atoms with Crippen LogP contribution in [0.2, 0.25) is 0 Å². The second-order valence-corrected chi connectivity index (χ2v) is 5.16. The molecule has 0 heterocycles. The summed E-state index contributed by atoms with van der Waals surface area (Å²) in [5.41, 5.74) is 9.83. The highest BCUT2D eigenvalue weighted by atomic mass is 16.2. The van der Waals surface area contributed by atoms with Gasteiger partial charge in [0.1, 0.15) is 0 Å². The number of hydrogen-bond donors (Lipinski definition) is 1. The van der Waals surface area contributed by atoms with Crippen LogP contribution in [0, 0.1) is 6.92 Å². The van der Waals surface area contributed by atoms with Crippen molar-refractivity contribution in [2.75, 3.05) is 17.2 Å². The number of carbonyl (C=O) groups excluding carboxylic acids is 1. The second-order valence-electron chi connectivity index (χ2n) is 5.16. The number of nitrogens with zero attached hydrogens (tertiary/aromatic N) is 1. The molecule has 0 aliphatic rings. The van der Waals surface area contributed by atoms with Gasteiger partial charge in [-0.25, -0.2) is 0 Å². The van der Waals surface area contributed by atoms with Crippen molar-refractivity contribution in [2.24, 2.45) is 0 Å². The highest BCUT2D eigenvalue weighted by Gasteiger charge is 2.13. The van der Waals surface area contributed by atoms with Gasteiger partial charge in [-0.3, -0.25) is 4.79 Å². The highest BCUT2D eigenvalue weighted by Crippen LogP contribution is 2.17. The number of benzene rings is 2. The first kappa shape index (κ1) is 15.1. The molecule has 0 bridgehead atoms. The zero-order chi connectivity index (χ0) is 15.2. The molecule has 0 aliphatic heterocycles. The molecule has 3 heteroatoms. The van der Waals surface area contributed by atoms with Crippen LogP contribution in [0.1, 0.15) is 24.5 Å². The number of nitrogen functional groups attached to an aromatic ring is 1. The van der Waals surface area contributed by atoms with Crippen LogP contribution in [-0.4, -0.2) is 12.5 Å². The van der Waals surface area contributed by atoms with Crippen LogP contribution in [0.3, 0.4) is 0 Å². The van der Waals surface area contributed by atoms with Crippen molar-refractivity contribution in [1.29, 1.82) is 0 Å². The second kappa shape index (κ2) is 6.93. The maximum atomic E-state index is 12.4. The largest absolute Gasteiger partial charge is 0.399 e. The van der Waals surface area contributed by atoms with Gasteiger partial charge < -0.3 is 10.6 Å². The third-order valence-electron chi connectivity index (χ3n) is 3.66. The van der Waals surface area contributed by atoms with Crippen molar-refractivity contribution in [2.45, 2.75) is 26.7 Å². The van der Waals surface area contributed by atoms with Crippen molar-refractivity contribution in [3.63, 3.8) is 0 Å². The fourth-order valence-electron chi connectivity index (χ4n) is 2.34. The smallest absolute Gasteiger partial charge is 0.227 e. The third kappa shape index (κ3) is 3.85. The van der Waals surface area contributed by atoms with E-state index in [1.165, 1.54) is 0 Å². The molecule has 21 heavy (non-hydrogen) atoms. The summed E-state index contributed by atoms with van der Waals surface area (Å²) in [5.74, 6) is 0.142. The van der Waals surface area contributed by atoms with E-state index in [4.69, 9.17) is 5.73 Å². The predicted octanol–water partition coefficient (Wildman–Crippen LogP) is 3.56. The third-order valence-corrected chi connectivity index (χ3v) is 3.66. The summed E-state index contributed by atoms with van der Waals surface area (Å²) in [4.78, 5) is 14.2. The van der Waals surface area contributed by atoms with E-state index in [9.17, 15) is 4.79 Å². The Labute approximate surface area is 126 Å². The van der Waals surface area contributed by atoms with Crippen LogP contribution in [0.15, 0.2) is 48.5 Å². The summed E-state index contributed by atoms with van der Waals surface area (Å²) >= 11 is 0. The Morgan fingerprint density at radius 2 is 1.86 bits per heavy atom. The number of anilines is 2. The highest BCUT2D eigenvalue weighted by molar-refractivity contribution is 5.93. The molecular formula is C18H22N2O. The Hall–Kier alpha value is -2.29. The monoisotopic (exact) mass is 282 g/mol. The lowest BCUT2D eigenvalue weighted by Crippen LogP contribution is -2.30. The first-order chi connectivity index (χ1) is 10.1. The molecule has 0 aromatic heterocycles. The molecule has 0 spiro atoms. The standard InChI is InChI=1S/C18H22N2O/c1-3-20(16-7-5-4-6-8-16)18(21)12-11-15-10-9-14(2)17(19)13-15/h4-10,13H,3,11-12,19H2,1-2H3. The van der Waals surface area contributed by atoms with Gasteiger partial charge in [0.25, 0.3) is 0 Å². The molecule has 0 saturated carbocycles. The van der Waals surface area contributed by atoms with Gasteiger partial charge in [-0.1, -0.05) is 30.3 Å². The normalized spacial score (nSPS) is 10.4. The molecule has 0 atom stereocenters. The van der Waals surface area contributed by atoms with Gasteiger partial charge in [0.15, 0.2) is 0 Å². The minimum Gasteiger partial charge on any atom is -0.399 e. The zero-order valence-corrected chi connectivity index (χ0v) is 12.7. The fraction of sp³-hybridized carbons (Fsp3) is 0.278. The van der Waals surface area contributed by atoms with Gasteiger partial charge in [0.05, 0.1) is 0 Å². The van der Waals surface area contributed by atoms with E-state index in [-0.39, 0.29) is 5.91 Å². The van der Waals surface area contributed by atoms with Crippen LogP contribution < -0.4 is 10.6 Å². The van der Waals surface area contributed by atoms with Gasteiger partial charge in [0.2, 0.25) is 5.91 Å². The quantitative estimate of drug-likeness (QED) is 0.852. The molecule has 0 unspecified atom stereocenters. The average molecular weight is 282 g/mol. The van der Waals surface area contributed by atoms with Gasteiger partial charge in [-0.15, -0.1) is 0 Å². The molecular weight excluding hydrogens is 260 g/mol. The Morgan fingerprint density at radius 3 is 2.48 bits per heavy atom. The zero-order valence-electron chi connectivity index (χ0n) is 12.7. The number of para-hydroxylation sites is 1. The predicted molar refractivity (Wildman–Crippen MR) is 88.4 cm³/mol. The maximum Gasteiger partial charge on any atom is 0.227 e. The topological polar surface area (TPSA) is 46.3 Å². The molecule has 2 rings (SSSR count). The van der Waals surface area contributed by atoms with E-state index in [2.05, 4.69) is 0 Å². The first-order valence-corrected chi connectivity index (χ1v) is 7.32. The number of amides is 1. The average Bonchev–Trinajstić information content (AvgIpc) is 2.50. The summed E-state index contributed by atoms with van der Waals surface area (Å²) in [5, 5.41) is 0. The number of nitrogens with two attached hydrogens (primary N) is 1. The van der Waals surface area contributed by atoms with Crippen molar-refractivity contribution < 1.29 is 4.79 Å². The summed E-state index contributed by atoms with van der Waals surface area (Å²) in [6.45, 7) is 4.66. The summed E-state index contributed by atoms with van der Waals surface area (Å²) in [6.07, 6.45) is 1.21. The molecule has 1 amide bonds. The minimum absolute atomic E-state index is 0.142. The van der Waals surface area contributed by atoms with Crippen LogP contribution in [-0.2, 0) is 11.2 Å². The van der Waals surface area contributed by atoms with Crippen molar-refractivity contribution in [3.8, 4) is 0 Å². The van der Waals surface area contributed by atoms with Crippen LogP contribution in [0.25, 0.3) is 0 Å². The Morgan fingerprint density at radius 1 is 1.14 bits per heavy atom. The first-order valence-electron chi connectivity index (χ1n) is 7.32. The van der Waals surface area contributed by atoms with Crippen LogP contribution in [0.4, 0.5) is 11.4 Å². The number of hydrogen-bond acceptors (Lipinski definition) is 2. The number of rotatable bonds is 5. The van der Waals surface area contributed by atoms with E-state index >= 15 is 0 Å². The van der Waals surface area contributed by atoms with Crippen LogP contribution >= 0.6 is 0 Å². The SMILES string of the molecule is CCN(C(=O)CCc1ccc(C)c(N)c1)c1ccccc1. The van der Waals surface area contributed by atoms with E-state index < -0.39 is 0 Å². The summed E-state index contributed by atoms with van der Waals surface area (Å²) in [6, 6.07) is 15.8. The van der Waals surface area contributed by atoms with E-state index in [0.717, 1.165) is 22.5 Å². The van der Waals surface area contributed by atoms with E-state index in [1.54, 1.807) is 0 Å². The molecule has 0 aliphatic carbocycles. The van der Waals surface area contributed by atoms with Gasteiger partial charge in [-0.2, -0.15) is 0 Å². The number of aryl methyl sites for hydroxylation is 2. The number of carbonyl (C=O) groups is 1. The lowest BCUT2D eigenvalue weighted by molar-refractivity contribution is -0.118. The van der Waals surface area contributed by atoms with Crippen LogP contribution in [0.5, 0.6) is 0 Å². The van der Waals surface area contributed by atoms with E-state index in [1.807, 2.05) is 67.3 Å². The summed E-state index contributed by atoms with van der Waals surface area (Å²) in [7, 11) is 0. The summed E-state index contributed by atoms with van der Waals surface area (Å²) < 4.78 is 0. The molecule has 2 N–H and O–H groups in total. The lowest BCUT2D eigenvalue weighted by Gasteiger charge is -2.21. The van der Waals surface area contributed by atoms with Gasteiger partial charge in [-0.05, 0) is 49.6 Å². The minimum atomic E-state index is 0.142. The van der Waals surface area contributed by atoms with E-state index in [0.29, 0.717) is 19.4 Å². The molecule has 110 valence electrons. The molecule has 2 aromatic carbocycles. The van der Waals surface area contributed by atoms with Gasteiger partial charge in [0, 0.05) is 24.3 Å². The Kier molecular flexibility index (Phi) is 4.99. The lowest BCUT2D eigenvalue weighted by atomic mass is 10.1. The molecule has 3 nitrogen and oxygen atoms in total. The Bertz CT molecular complexity index is 608. The maximum absolute atomic E-state index is 12.4. The molecule has 0 fully saturated rings. The van der Waals surface area contributed by atoms with Crippen molar-refractivity contribution >= 4 is 17.3 Å². The molecule has 0 radical (unpaired) electrons. The van der Waals surface area contributed by atoms with Crippen molar-refractivity contribution in [1.82, 2.24) is 0 Å². The Balaban J connectivity index is 2.01. The fourth-order valence-corrected chi connectivity index (χ4v) is 2.34. The van der Waals surface area contributed by atoms with Gasteiger partial charge >= 0.3 is 0 Å². The molecule has 2 aromatic rings.